The van der Waals surface area contributed by atoms with Gasteiger partial charge in [-0.1, -0.05) is 58.8 Å². The standard InChI is InChI=1S/C8H19N.C5H11Cl/c1-2-3-4-5-6-7-8-9;1-2-3-4-5-6/h2-9H2,1H3;2-5H2,1H3. The Balaban J connectivity index is 0. The van der Waals surface area contributed by atoms with Crippen molar-refractivity contribution in [3.63, 3.8) is 0 Å². The Hall–Kier alpha value is 0.250. The molecule has 94 valence electrons. The minimum absolute atomic E-state index is 0.827. The molecule has 0 spiro atoms. The molecule has 0 aromatic rings. The second kappa shape index (κ2) is 19.8. The lowest BCUT2D eigenvalue weighted by Gasteiger charge is -1.96. The molecule has 0 amide bonds. The molecule has 0 aliphatic heterocycles. The number of halogens is 1. The second-order valence-corrected chi connectivity index (χ2v) is 4.33. The van der Waals surface area contributed by atoms with Crippen molar-refractivity contribution in [2.24, 2.45) is 5.73 Å². The van der Waals surface area contributed by atoms with Gasteiger partial charge in [-0.05, 0) is 19.4 Å². The molecule has 0 bridgehead atoms. The molecule has 0 radical (unpaired) electrons. The molecule has 15 heavy (non-hydrogen) atoms. The van der Waals surface area contributed by atoms with Gasteiger partial charge in [-0.25, -0.2) is 0 Å². The predicted octanol–water partition coefficient (Wildman–Crippen LogP) is 4.72. The molecule has 2 N–H and O–H groups in total. The topological polar surface area (TPSA) is 26.0 Å². The van der Waals surface area contributed by atoms with Crippen molar-refractivity contribution in [3.05, 3.63) is 0 Å². The van der Waals surface area contributed by atoms with E-state index >= 15 is 0 Å². The van der Waals surface area contributed by atoms with Gasteiger partial charge in [0.2, 0.25) is 0 Å². The second-order valence-electron chi connectivity index (χ2n) is 3.95. The molecule has 0 unspecified atom stereocenters. The van der Waals surface area contributed by atoms with Gasteiger partial charge < -0.3 is 5.73 Å². The van der Waals surface area contributed by atoms with E-state index in [2.05, 4.69) is 13.8 Å². The van der Waals surface area contributed by atoms with Crippen molar-refractivity contribution in [3.8, 4) is 0 Å². The molecule has 0 aromatic carbocycles. The van der Waals surface area contributed by atoms with E-state index < -0.39 is 0 Å². The van der Waals surface area contributed by atoms with E-state index in [9.17, 15) is 0 Å². The van der Waals surface area contributed by atoms with Gasteiger partial charge in [-0.15, -0.1) is 11.6 Å². The van der Waals surface area contributed by atoms with E-state index in [4.69, 9.17) is 17.3 Å². The highest BCUT2D eigenvalue weighted by molar-refractivity contribution is 6.17. The van der Waals surface area contributed by atoms with Gasteiger partial charge in [-0.2, -0.15) is 0 Å². The van der Waals surface area contributed by atoms with E-state index in [0.29, 0.717) is 0 Å². The number of unbranched alkanes of at least 4 members (excludes halogenated alkanes) is 7. The summed E-state index contributed by atoms with van der Waals surface area (Å²) in [6.07, 6.45) is 11.8. The molecule has 0 heterocycles. The maximum absolute atomic E-state index is 5.38. The number of hydrogen-bond donors (Lipinski definition) is 1. The maximum Gasteiger partial charge on any atom is 0.0223 e. The predicted molar refractivity (Wildman–Crippen MR) is 72.7 cm³/mol. The highest BCUT2D eigenvalue weighted by atomic mass is 35.5. The lowest BCUT2D eigenvalue weighted by molar-refractivity contribution is 0.612. The monoisotopic (exact) mass is 235 g/mol. The van der Waals surface area contributed by atoms with Crippen molar-refractivity contribution in [1.82, 2.24) is 0 Å². The van der Waals surface area contributed by atoms with Gasteiger partial charge in [0.05, 0.1) is 0 Å². The zero-order chi connectivity index (χ0) is 11.8. The Morgan fingerprint density at radius 2 is 1.20 bits per heavy atom. The lowest BCUT2D eigenvalue weighted by Crippen LogP contribution is -1.97. The molecule has 1 nitrogen and oxygen atoms in total. The highest BCUT2D eigenvalue weighted by Gasteiger charge is 1.85. The van der Waals surface area contributed by atoms with E-state index in [1.54, 1.807) is 0 Å². The first-order valence-corrected chi connectivity index (χ1v) is 7.12. The number of hydrogen-bond acceptors (Lipinski definition) is 1. The van der Waals surface area contributed by atoms with E-state index in [0.717, 1.165) is 12.4 Å². The maximum atomic E-state index is 5.38. The molecular weight excluding hydrogens is 206 g/mol. The van der Waals surface area contributed by atoms with Gasteiger partial charge in [0.25, 0.3) is 0 Å². The van der Waals surface area contributed by atoms with Crippen LogP contribution in [0.4, 0.5) is 0 Å². The van der Waals surface area contributed by atoms with Crippen molar-refractivity contribution < 1.29 is 0 Å². The Bertz CT molecular complexity index is 76.6. The van der Waals surface area contributed by atoms with Crippen LogP contribution in [0.1, 0.15) is 71.6 Å². The third-order valence-electron chi connectivity index (χ3n) is 2.29. The Morgan fingerprint density at radius 3 is 1.60 bits per heavy atom. The fraction of sp³-hybridized carbons (Fsp3) is 1.00. The highest BCUT2D eigenvalue weighted by Crippen LogP contribution is 2.03. The number of rotatable bonds is 9. The van der Waals surface area contributed by atoms with Crippen LogP contribution in [0, 0.1) is 0 Å². The first kappa shape index (κ1) is 17.6. The fourth-order valence-electron chi connectivity index (χ4n) is 1.27. The smallest absolute Gasteiger partial charge is 0.0223 e. The summed E-state index contributed by atoms with van der Waals surface area (Å²) in [5.74, 6) is 0.827. The fourth-order valence-corrected chi connectivity index (χ4v) is 1.46. The van der Waals surface area contributed by atoms with Crippen LogP contribution >= 0.6 is 11.6 Å². The average Bonchev–Trinajstić information content (AvgIpc) is 2.27. The summed E-state index contributed by atoms with van der Waals surface area (Å²) in [7, 11) is 0. The van der Waals surface area contributed by atoms with Crippen LogP contribution in [-0.2, 0) is 0 Å². The molecule has 0 fully saturated rings. The van der Waals surface area contributed by atoms with Gasteiger partial charge in [0.15, 0.2) is 0 Å². The van der Waals surface area contributed by atoms with Crippen molar-refractivity contribution in [2.75, 3.05) is 12.4 Å². The zero-order valence-corrected chi connectivity index (χ0v) is 11.5. The van der Waals surface area contributed by atoms with Gasteiger partial charge in [-0.3, -0.25) is 0 Å². The summed E-state index contributed by atoms with van der Waals surface area (Å²) in [6.45, 7) is 5.28. The summed E-state index contributed by atoms with van der Waals surface area (Å²) >= 11 is 5.38. The van der Waals surface area contributed by atoms with Crippen LogP contribution < -0.4 is 5.73 Å². The molecule has 0 aromatic heterocycles. The van der Waals surface area contributed by atoms with Crippen LogP contribution in [0.3, 0.4) is 0 Å². The summed E-state index contributed by atoms with van der Waals surface area (Å²) in [5.41, 5.74) is 5.34. The molecule has 0 rings (SSSR count). The summed E-state index contributed by atoms with van der Waals surface area (Å²) in [5, 5.41) is 0. The third kappa shape index (κ3) is 25.0. The Labute approximate surface area is 102 Å². The molecule has 0 aliphatic carbocycles. The average molecular weight is 236 g/mol. The van der Waals surface area contributed by atoms with Crippen LogP contribution in [-0.4, -0.2) is 12.4 Å². The molecule has 2 heteroatoms. The molecule has 0 saturated heterocycles. The van der Waals surface area contributed by atoms with Gasteiger partial charge in [0, 0.05) is 5.88 Å². The largest absolute Gasteiger partial charge is 0.330 e. The van der Waals surface area contributed by atoms with Crippen LogP contribution in [0.25, 0.3) is 0 Å². The molecule has 0 saturated carbocycles. The third-order valence-corrected chi connectivity index (χ3v) is 2.56. The minimum atomic E-state index is 0.827. The van der Waals surface area contributed by atoms with Crippen LogP contribution in [0.5, 0.6) is 0 Å². The lowest BCUT2D eigenvalue weighted by atomic mass is 10.1. The van der Waals surface area contributed by atoms with Crippen molar-refractivity contribution in [2.45, 2.75) is 71.6 Å². The van der Waals surface area contributed by atoms with E-state index in [1.165, 1.54) is 57.8 Å². The molecule has 0 aliphatic rings. The van der Waals surface area contributed by atoms with Gasteiger partial charge >= 0.3 is 0 Å². The summed E-state index contributed by atoms with van der Waals surface area (Å²) in [4.78, 5) is 0. The Morgan fingerprint density at radius 1 is 0.733 bits per heavy atom. The van der Waals surface area contributed by atoms with Crippen molar-refractivity contribution >= 4 is 11.6 Å². The van der Waals surface area contributed by atoms with Crippen molar-refractivity contribution in [1.29, 1.82) is 0 Å². The van der Waals surface area contributed by atoms with E-state index in [1.807, 2.05) is 0 Å². The quantitative estimate of drug-likeness (QED) is 0.454. The first-order valence-electron chi connectivity index (χ1n) is 6.59. The van der Waals surface area contributed by atoms with Gasteiger partial charge in [0.1, 0.15) is 0 Å². The summed E-state index contributed by atoms with van der Waals surface area (Å²) < 4.78 is 0. The Kier molecular flexibility index (Phi) is 23.2. The SMILES string of the molecule is CCCCCCCCN.CCCCCCl. The minimum Gasteiger partial charge on any atom is -0.330 e. The number of nitrogens with two attached hydrogens (primary N) is 1. The zero-order valence-electron chi connectivity index (χ0n) is 10.7. The molecule has 0 atom stereocenters. The first-order chi connectivity index (χ1) is 7.33. The van der Waals surface area contributed by atoms with Crippen LogP contribution in [0.2, 0.25) is 0 Å². The van der Waals surface area contributed by atoms with Crippen LogP contribution in [0.15, 0.2) is 0 Å². The summed E-state index contributed by atoms with van der Waals surface area (Å²) in [6, 6.07) is 0. The molecular formula is C13H30ClN. The number of alkyl halides is 1. The van der Waals surface area contributed by atoms with E-state index in [-0.39, 0.29) is 0 Å². The normalized spacial score (nSPS) is 9.60.